The smallest absolute Gasteiger partial charge is 0.320 e. The predicted octanol–water partition coefficient (Wildman–Crippen LogP) is 3.58. The number of hydrogen-bond donors (Lipinski definition) is 2. The van der Waals surface area contributed by atoms with E-state index in [-0.39, 0.29) is 46.1 Å². The minimum absolute atomic E-state index is 0.0563. The Hall–Kier alpha value is -4.37. The number of nitrogens with two attached hydrogens (primary N) is 1. The summed E-state index contributed by atoms with van der Waals surface area (Å²) in [6, 6.07) is 2.50. The maximum atomic E-state index is 13.4. The van der Waals surface area contributed by atoms with E-state index in [1.807, 2.05) is 0 Å². The Morgan fingerprint density at radius 3 is 2.71 bits per heavy atom. The van der Waals surface area contributed by atoms with Crippen molar-refractivity contribution in [1.82, 2.24) is 24.2 Å². The van der Waals surface area contributed by atoms with Crippen LogP contribution >= 0.6 is 11.6 Å². The van der Waals surface area contributed by atoms with Gasteiger partial charge in [0.2, 0.25) is 5.91 Å². The maximum Gasteiger partial charge on any atom is 0.320 e. The first-order valence-electron chi connectivity index (χ1n) is 11.3. The van der Waals surface area contributed by atoms with Gasteiger partial charge in [0.05, 0.1) is 34.9 Å². The van der Waals surface area contributed by atoms with Crippen molar-refractivity contribution in [3.8, 4) is 11.8 Å². The van der Waals surface area contributed by atoms with Gasteiger partial charge in [0, 0.05) is 25.6 Å². The third-order valence-corrected chi connectivity index (χ3v) is 6.40. The van der Waals surface area contributed by atoms with E-state index in [2.05, 4.69) is 33.8 Å². The zero-order valence-electron chi connectivity index (χ0n) is 20.8. The van der Waals surface area contributed by atoms with E-state index in [0.717, 1.165) is 4.57 Å². The summed E-state index contributed by atoms with van der Waals surface area (Å²) in [6.07, 6.45) is 3.05. The summed E-state index contributed by atoms with van der Waals surface area (Å²) in [5.74, 6) is 5.08. The molecule has 4 rings (SSSR count). The zero-order chi connectivity index (χ0) is 27.7. The van der Waals surface area contributed by atoms with Crippen LogP contribution in [0.3, 0.4) is 0 Å². The van der Waals surface area contributed by atoms with Gasteiger partial charge in [0.15, 0.2) is 5.69 Å². The SMILES string of the molecule is C=CC(=O)N1C[C@@H](n2nc(C#Cc3cc4nc(C)n(C(F)F)c4cc3Cl)c(C(N)=O)c2NC)C/C1=C\OC. The number of likely N-dealkylation sites (tertiary alicyclic amines) is 1. The molecule has 0 radical (unpaired) electrons. The van der Waals surface area contributed by atoms with Gasteiger partial charge < -0.3 is 20.7 Å². The normalized spacial score (nSPS) is 16.1. The summed E-state index contributed by atoms with van der Waals surface area (Å²) >= 11 is 6.35. The van der Waals surface area contributed by atoms with Gasteiger partial charge in [-0.2, -0.15) is 13.9 Å². The molecule has 3 aromatic rings. The topological polar surface area (TPSA) is 120 Å². The number of hydrogen-bond acceptors (Lipinski definition) is 6. The molecule has 2 amide bonds. The average Bonchev–Trinajstić information content (AvgIpc) is 3.54. The van der Waals surface area contributed by atoms with Crippen LogP contribution in [0.25, 0.3) is 11.0 Å². The molecule has 198 valence electrons. The molecule has 3 N–H and O–H groups in total. The van der Waals surface area contributed by atoms with Crippen molar-refractivity contribution in [1.29, 1.82) is 0 Å². The summed E-state index contributed by atoms with van der Waals surface area (Å²) < 4.78 is 34.3. The molecule has 0 bridgehead atoms. The Balaban J connectivity index is 1.78. The van der Waals surface area contributed by atoms with Crippen LogP contribution in [0.15, 0.2) is 36.7 Å². The van der Waals surface area contributed by atoms with Gasteiger partial charge >= 0.3 is 6.55 Å². The second kappa shape index (κ2) is 10.5. The maximum absolute atomic E-state index is 13.4. The van der Waals surface area contributed by atoms with E-state index in [1.165, 1.54) is 43.4 Å². The average molecular weight is 544 g/mol. The number of alkyl halides is 2. The number of nitrogens with one attached hydrogen (secondary N) is 1. The first-order chi connectivity index (χ1) is 18.1. The number of fused-ring (bicyclic) bond motifs is 1. The lowest BCUT2D eigenvalue weighted by Crippen LogP contribution is -2.27. The molecule has 3 heterocycles. The Morgan fingerprint density at radius 2 is 2.11 bits per heavy atom. The summed E-state index contributed by atoms with van der Waals surface area (Å²) in [7, 11) is 3.08. The molecule has 0 saturated carbocycles. The van der Waals surface area contributed by atoms with E-state index in [4.69, 9.17) is 22.1 Å². The van der Waals surface area contributed by atoms with Crippen LogP contribution in [0.5, 0.6) is 0 Å². The van der Waals surface area contributed by atoms with Gasteiger partial charge in [-0.1, -0.05) is 24.1 Å². The number of anilines is 1. The van der Waals surface area contributed by atoms with Gasteiger partial charge in [-0.25, -0.2) is 9.67 Å². The lowest BCUT2D eigenvalue weighted by atomic mass is 10.1. The lowest BCUT2D eigenvalue weighted by molar-refractivity contribution is -0.123. The third kappa shape index (κ3) is 4.68. The molecule has 1 atom stereocenters. The van der Waals surface area contributed by atoms with Crippen molar-refractivity contribution in [2.45, 2.75) is 25.9 Å². The summed E-state index contributed by atoms with van der Waals surface area (Å²) in [5.41, 5.74) is 7.21. The number of imidazole rings is 1. The van der Waals surface area contributed by atoms with E-state index >= 15 is 0 Å². The number of ether oxygens (including phenoxy) is 1. The highest BCUT2D eigenvalue weighted by Gasteiger charge is 2.35. The molecule has 1 aliphatic rings. The molecule has 0 spiro atoms. The summed E-state index contributed by atoms with van der Waals surface area (Å²) in [6.45, 7) is 2.48. The molecular formula is C25H24ClF2N7O3. The molecule has 2 aromatic heterocycles. The quantitative estimate of drug-likeness (QED) is 0.278. The second-order valence-corrected chi connectivity index (χ2v) is 8.77. The summed E-state index contributed by atoms with van der Waals surface area (Å²) in [5, 5.41) is 7.61. The Labute approximate surface area is 221 Å². The van der Waals surface area contributed by atoms with Crippen LogP contribution in [0.1, 0.15) is 46.5 Å². The van der Waals surface area contributed by atoms with Gasteiger partial charge in [0.1, 0.15) is 23.5 Å². The first kappa shape index (κ1) is 26.7. The number of carbonyl (C=O) groups is 2. The minimum atomic E-state index is -2.78. The molecule has 1 fully saturated rings. The Bertz CT molecular complexity index is 1550. The number of amides is 2. The highest BCUT2D eigenvalue weighted by molar-refractivity contribution is 6.32. The van der Waals surface area contributed by atoms with E-state index < -0.39 is 12.5 Å². The van der Waals surface area contributed by atoms with Crippen molar-refractivity contribution in [2.75, 3.05) is 26.0 Å². The molecule has 0 unspecified atom stereocenters. The van der Waals surface area contributed by atoms with Gasteiger partial charge in [-0.05, 0) is 31.1 Å². The number of primary amides is 1. The highest BCUT2D eigenvalue weighted by Crippen LogP contribution is 2.34. The third-order valence-electron chi connectivity index (χ3n) is 6.08. The van der Waals surface area contributed by atoms with Gasteiger partial charge in [0.25, 0.3) is 5.91 Å². The number of allylic oxidation sites excluding steroid dienone is 1. The standard InChI is InChI=1S/C25H24ClF2N7O3/c1-5-21(36)33-11-15(9-16(33)12-38-4)35-24(30-3)22(23(29)37)18(32-35)7-6-14-8-19-20(10-17(14)26)34(25(27)28)13(2)31-19/h5,8,10,12,15,25,30H,1,9,11H2,2-4H3,(H2,29,37)/b16-12+/t15-/m0/s1. The second-order valence-electron chi connectivity index (χ2n) is 8.36. The molecule has 0 aliphatic carbocycles. The van der Waals surface area contributed by atoms with Crippen LogP contribution in [-0.4, -0.2) is 56.7 Å². The van der Waals surface area contributed by atoms with Crippen LogP contribution < -0.4 is 11.1 Å². The molecule has 1 saturated heterocycles. The molecule has 1 aliphatic heterocycles. The minimum Gasteiger partial charge on any atom is -0.503 e. The number of aromatic nitrogens is 4. The molecular weight excluding hydrogens is 520 g/mol. The van der Waals surface area contributed by atoms with Crippen LogP contribution in [0.4, 0.5) is 14.6 Å². The van der Waals surface area contributed by atoms with Gasteiger partial charge in [-0.3, -0.25) is 14.2 Å². The molecule has 13 heteroatoms. The highest BCUT2D eigenvalue weighted by atomic mass is 35.5. The number of rotatable bonds is 6. The molecule has 1 aromatic carbocycles. The fourth-order valence-corrected chi connectivity index (χ4v) is 4.67. The number of aryl methyl sites for hydroxylation is 1. The largest absolute Gasteiger partial charge is 0.503 e. The number of carbonyl (C=O) groups excluding carboxylic acids is 2. The van der Waals surface area contributed by atoms with Crippen LogP contribution in [0, 0.1) is 18.8 Å². The van der Waals surface area contributed by atoms with Crippen molar-refractivity contribution >= 4 is 40.3 Å². The monoisotopic (exact) mass is 543 g/mol. The Kier molecular flexibility index (Phi) is 7.41. The summed E-state index contributed by atoms with van der Waals surface area (Å²) in [4.78, 5) is 30.5. The van der Waals surface area contributed by atoms with Gasteiger partial charge in [-0.15, -0.1) is 0 Å². The molecule has 10 nitrogen and oxygen atoms in total. The number of halogens is 3. The van der Waals surface area contributed by atoms with Crippen molar-refractivity contribution in [2.24, 2.45) is 5.73 Å². The van der Waals surface area contributed by atoms with E-state index in [1.54, 1.807) is 11.7 Å². The fourth-order valence-electron chi connectivity index (χ4n) is 4.46. The fraction of sp³-hybridized carbons (Fsp3) is 0.280. The lowest BCUT2D eigenvalue weighted by Gasteiger charge is -2.16. The zero-order valence-corrected chi connectivity index (χ0v) is 21.5. The predicted molar refractivity (Wildman–Crippen MR) is 138 cm³/mol. The van der Waals surface area contributed by atoms with E-state index in [9.17, 15) is 18.4 Å². The number of methoxy groups -OCH3 is 1. The Morgan fingerprint density at radius 1 is 1.37 bits per heavy atom. The van der Waals surface area contributed by atoms with E-state index in [0.29, 0.717) is 29.0 Å². The first-order valence-corrected chi connectivity index (χ1v) is 11.7. The number of nitrogens with zero attached hydrogens (tertiary/aromatic N) is 5. The van der Waals surface area contributed by atoms with Crippen LogP contribution in [-0.2, 0) is 9.53 Å². The van der Waals surface area contributed by atoms with Crippen molar-refractivity contribution in [3.63, 3.8) is 0 Å². The van der Waals surface area contributed by atoms with Crippen molar-refractivity contribution in [3.05, 3.63) is 64.4 Å². The van der Waals surface area contributed by atoms with Crippen molar-refractivity contribution < 1.29 is 23.1 Å². The number of benzene rings is 1. The van der Waals surface area contributed by atoms with Crippen LogP contribution in [0.2, 0.25) is 5.02 Å². The molecule has 38 heavy (non-hydrogen) atoms.